The highest BCUT2D eigenvalue weighted by molar-refractivity contribution is 5.79. The number of aliphatic hydroxyl groups is 1. The van der Waals surface area contributed by atoms with Gasteiger partial charge in [0.05, 0.1) is 0 Å². The molecule has 0 saturated carbocycles. The van der Waals surface area contributed by atoms with Gasteiger partial charge in [0.1, 0.15) is 12.6 Å². The number of rotatable bonds is 3. The van der Waals surface area contributed by atoms with Gasteiger partial charge in [0.2, 0.25) is 11.2 Å². The predicted molar refractivity (Wildman–Crippen MR) is 101 cm³/mol. The molecule has 2 aromatic rings. The van der Waals surface area contributed by atoms with Crippen molar-refractivity contribution in [1.29, 1.82) is 5.39 Å². The highest BCUT2D eigenvalue weighted by atomic mass is 16.6. The summed E-state index contributed by atoms with van der Waals surface area (Å²) in [6, 6.07) is 15.8. The lowest BCUT2D eigenvalue weighted by molar-refractivity contribution is 0.0938. The molecule has 6 heteroatoms. The van der Waals surface area contributed by atoms with Crippen molar-refractivity contribution in [3.05, 3.63) is 76.6 Å². The van der Waals surface area contributed by atoms with E-state index in [-0.39, 0.29) is 18.3 Å². The SMILES string of the molecule is N#[N+]/C=C(\O)[C@@H]1CCCN1C(=O)OCC1c2ccccc2-c2ccccc21. The summed E-state index contributed by atoms with van der Waals surface area (Å²) in [5.41, 5.74) is 4.68. The van der Waals surface area contributed by atoms with Crippen molar-refractivity contribution in [3.63, 3.8) is 0 Å². The van der Waals surface area contributed by atoms with Crippen LogP contribution in [0.3, 0.4) is 0 Å². The molecule has 0 bridgehead atoms. The molecule has 1 fully saturated rings. The lowest BCUT2D eigenvalue weighted by atomic mass is 9.98. The average Bonchev–Trinajstić information content (AvgIpc) is 3.30. The van der Waals surface area contributed by atoms with Gasteiger partial charge in [-0.2, -0.15) is 0 Å². The molecular formula is C21H20N3O3+. The molecule has 1 heterocycles. The van der Waals surface area contributed by atoms with Gasteiger partial charge in [0.15, 0.2) is 4.98 Å². The van der Waals surface area contributed by atoms with Gasteiger partial charge in [-0.1, -0.05) is 48.5 Å². The maximum absolute atomic E-state index is 12.6. The molecule has 1 amide bonds. The maximum Gasteiger partial charge on any atom is 0.410 e. The van der Waals surface area contributed by atoms with E-state index in [1.54, 1.807) is 0 Å². The van der Waals surface area contributed by atoms with Gasteiger partial charge in [-0.15, -0.1) is 0 Å². The zero-order valence-electron chi connectivity index (χ0n) is 14.8. The summed E-state index contributed by atoms with van der Waals surface area (Å²) in [7, 11) is 0. The first-order chi connectivity index (χ1) is 13.2. The molecule has 0 spiro atoms. The molecule has 0 unspecified atom stereocenters. The van der Waals surface area contributed by atoms with Crippen molar-refractivity contribution < 1.29 is 14.6 Å². The van der Waals surface area contributed by atoms with E-state index in [9.17, 15) is 9.90 Å². The van der Waals surface area contributed by atoms with E-state index in [0.29, 0.717) is 13.0 Å². The number of benzene rings is 2. The third kappa shape index (κ3) is 3.02. The number of nitrogens with zero attached hydrogens (tertiary/aromatic N) is 3. The summed E-state index contributed by atoms with van der Waals surface area (Å²) in [4.78, 5) is 16.9. The molecular weight excluding hydrogens is 342 g/mol. The van der Waals surface area contributed by atoms with Gasteiger partial charge in [-0.25, -0.2) is 4.79 Å². The quantitative estimate of drug-likeness (QED) is 0.637. The maximum atomic E-state index is 12.6. The van der Waals surface area contributed by atoms with Crippen molar-refractivity contribution in [2.75, 3.05) is 13.2 Å². The number of fused-ring (bicyclic) bond motifs is 3. The van der Waals surface area contributed by atoms with Crippen LogP contribution >= 0.6 is 0 Å². The first kappa shape index (κ1) is 17.1. The minimum Gasteiger partial charge on any atom is -0.504 e. The molecule has 1 saturated heterocycles. The Morgan fingerprint density at radius 1 is 1.19 bits per heavy atom. The Labute approximate surface area is 157 Å². The molecule has 4 rings (SSSR count). The number of carbonyl (C=O) groups excluding carboxylic acids is 1. The van der Waals surface area contributed by atoms with E-state index in [1.807, 2.05) is 24.3 Å². The van der Waals surface area contributed by atoms with E-state index < -0.39 is 12.1 Å². The van der Waals surface area contributed by atoms with E-state index in [2.05, 4.69) is 29.2 Å². The Balaban J connectivity index is 1.51. The third-order valence-electron chi connectivity index (χ3n) is 5.35. The van der Waals surface area contributed by atoms with Gasteiger partial charge in [-0.05, 0) is 35.1 Å². The highest BCUT2D eigenvalue weighted by Gasteiger charge is 2.36. The molecule has 2 aromatic carbocycles. The lowest BCUT2D eigenvalue weighted by Gasteiger charge is -2.23. The van der Waals surface area contributed by atoms with Crippen LogP contribution in [-0.2, 0) is 4.74 Å². The van der Waals surface area contributed by atoms with Crippen molar-refractivity contribution in [3.8, 4) is 11.1 Å². The second-order valence-corrected chi connectivity index (χ2v) is 6.82. The Bertz CT molecular complexity index is 902. The van der Waals surface area contributed by atoms with Crippen LogP contribution < -0.4 is 0 Å². The van der Waals surface area contributed by atoms with Crippen LogP contribution in [0.15, 0.2) is 60.5 Å². The van der Waals surface area contributed by atoms with Crippen LogP contribution in [-0.4, -0.2) is 35.3 Å². The highest BCUT2D eigenvalue weighted by Crippen LogP contribution is 2.44. The number of aliphatic hydroxyl groups excluding tert-OH is 1. The molecule has 1 aliphatic carbocycles. The normalized spacial score (nSPS) is 18.7. The first-order valence-corrected chi connectivity index (χ1v) is 9.05. The number of hydrogen-bond acceptors (Lipinski definition) is 4. The molecule has 1 aliphatic heterocycles. The van der Waals surface area contributed by atoms with Gasteiger partial charge in [0, 0.05) is 12.5 Å². The number of likely N-dealkylation sites (tertiary alicyclic amines) is 1. The minimum atomic E-state index is -0.503. The van der Waals surface area contributed by atoms with Crippen LogP contribution in [0.25, 0.3) is 16.1 Å². The Morgan fingerprint density at radius 3 is 2.44 bits per heavy atom. The van der Waals surface area contributed by atoms with Crippen molar-refractivity contribution in [2.24, 2.45) is 0 Å². The van der Waals surface area contributed by atoms with E-state index in [0.717, 1.165) is 23.7 Å². The fraction of sp³-hybridized carbons (Fsp3) is 0.286. The summed E-state index contributed by atoms with van der Waals surface area (Å²) in [6.07, 6.45) is 1.87. The van der Waals surface area contributed by atoms with Crippen LogP contribution in [0.5, 0.6) is 0 Å². The van der Waals surface area contributed by atoms with E-state index in [4.69, 9.17) is 10.1 Å². The number of ether oxygens (including phenoxy) is 1. The number of hydrogen-bond donors (Lipinski definition) is 1. The summed E-state index contributed by atoms with van der Waals surface area (Å²) in [6.45, 7) is 0.746. The Hall–Kier alpha value is -3.33. The van der Waals surface area contributed by atoms with E-state index in [1.165, 1.54) is 16.0 Å². The second-order valence-electron chi connectivity index (χ2n) is 6.82. The fourth-order valence-electron chi connectivity index (χ4n) is 4.11. The third-order valence-corrected chi connectivity index (χ3v) is 5.35. The van der Waals surface area contributed by atoms with Crippen LogP contribution in [0.1, 0.15) is 29.9 Å². The fourth-order valence-corrected chi connectivity index (χ4v) is 4.11. The van der Waals surface area contributed by atoms with Crippen LogP contribution in [0.2, 0.25) is 0 Å². The number of amides is 1. The second kappa shape index (κ2) is 7.12. The monoisotopic (exact) mass is 362 g/mol. The Morgan fingerprint density at radius 2 is 1.81 bits per heavy atom. The lowest BCUT2D eigenvalue weighted by Crippen LogP contribution is -2.37. The summed E-state index contributed by atoms with van der Waals surface area (Å²) < 4.78 is 5.64. The number of diazo groups is 1. The van der Waals surface area contributed by atoms with Crippen molar-refractivity contribution in [1.82, 2.24) is 4.90 Å². The molecule has 2 aliphatic rings. The smallest absolute Gasteiger partial charge is 0.410 e. The molecule has 1 atom stereocenters. The molecule has 6 nitrogen and oxygen atoms in total. The predicted octanol–water partition coefficient (Wildman–Crippen LogP) is 4.65. The largest absolute Gasteiger partial charge is 0.504 e. The van der Waals surface area contributed by atoms with Gasteiger partial charge in [-0.3, -0.25) is 4.90 Å². The summed E-state index contributed by atoms with van der Waals surface area (Å²) >= 11 is 0. The average molecular weight is 362 g/mol. The van der Waals surface area contributed by atoms with Crippen LogP contribution in [0.4, 0.5) is 4.79 Å². The zero-order valence-corrected chi connectivity index (χ0v) is 14.8. The summed E-state index contributed by atoms with van der Waals surface area (Å²) in [5.74, 6) is -0.137. The minimum absolute atomic E-state index is 0.000941. The van der Waals surface area contributed by atoms with Crippen molar-refractivity contribution >= 4 is 6.09 Å². The van der Waals surface area contributed by atoms with E-state index >= 15 is 0 Å². The molecule has 136 valence electrons. The van der Waals surface area contributed by atoms with Crippen LogP contribution in [0, 0.1) is 5.39 Å². The first-order valence-electron chi connectivity index (χ1n) is 9.05. The molecule has 1 N–H and O–H groups in total. The Kier molecular flexibility index (Phi) is 4.51. The molecule has 0 aromatic heterocycles. The standard InChI is InChI=1S/C21H19N3O3/c22-23-12-20(25)19-10-5-11-24(19)21(26)27-13-18-16-8-3-1-6-14(16)15-7-2-4-9-17(15)18/h1-4,6-9,12,18-19H,5,10-11,13H2/p+1/b20-12-/t19-/m0/s1. The topological polar surface area (TPSA) is 77.9 Å². The van der Waals surface area contributed by atoms with Gasteiger partial charge in [0.25, 0.3) is 0 Å². The zero-order chi connectivity index (χ0) is 18.8. The molecule has 0 radical (unpaired) electrons. The number of carbonyl (C=O) groups is 1. The van der Waals surface area contributed by atoms with Gasteiger partial charge >= 0.3 is 12.3 Å². The molecule has 27 heavy (non-hydrogen) atoms. The van der Waals surface area contributed by atoms with Crippen molar-refractivity contribution in [2.45, 2.75) is 24.8 Å². The summed E-state index contributed by atoms with van der Waals surface area (Å²) in [5, 5.41) is 18.6. The van der Waals surface area contributed by atoms with Gasteiger partial charge < -0.3 is 9.84 Å².